The van der Waals surface area contributed by atoms with Gasteiger partial charge in [0, 0.05) is 13.2 Å². The van der Waals surface area contributed by atoms with Crippen molar-refractivity contribution >= 4 is 15.9 Å². The fourth-order valence-corrected chi connectivity index (χ4v) is 1.60. The van der Waals surface area contributed by atoms with Crippen molar-refractivity contribution < 1.29 is 17.6 Å². The number of halogens is 5. The average Bonchev–Trinajstić information content (AvgIpc) is 2.64. The summed E-state index contributed by atoms with van der Waals surface area (Å²) in [6, 6.07) is 2.75. The second-order valence-electron chi connectivity index (χ2n) is 3.53. The summed E-state index contributed by atoms with van der Waals surface area (Å²) in [4.78, 5) is 6.95. The lowest BCUT2D eigenvalue weighted by Gasteiger charge is -2.01. The van der Waals surface area contributed by atoms with E-state index in [4.69, 9.17) is 0 Å². The summed E-state index contributed by atoms with van der Waals surface area (Å²) in [7, 11) is 1.39. The summed E-state index contributed by atoms with van der Waals surface area (Å²) in [6.07, 6.45) is -3.71. The zero-order chi connectivity index (χ0) is 13.5. The van der Waals surface area contributed by atoms with Gasteiger partial charge in [-0.25, -0.2) is 9.97 Å². The smallest absolute Gasteiger partial charge is 0.332 e. The molecule has 0 spiro atoms. The molecule has 0 radical (unpaired) electrons. The number of hydrogen-bond donors (Lipinski definition) is 0. The third-order valence-corrected chi connectivity index (χ3v) is 2.79. The van der Waals surface area contributed by atoms with Crippen molar-refractivity contribution in [2.45, 2.75) is 6.18 Å². The maximum absolute atomic E-state index is 13.2. The molecule has 0 unspecified atom stereocenters. The van der Waals surface area contributed by atoms with Gasteiger partial charge in [-0.3, -0.25) is 0 Å². The Balaban J connectivity index is 2.51. The summed E-state index contributed by atoms with van der Waals surface area (Å²) in [6.45, 7) is 0. The lowest BCUT2D eigenvalue weighted by molar-refractivity contribution is -0.140. The Morgan fingerprint density at radius 2 is 1.89 bits per heavy atom. The van der Waals surface area contributed by atoms with Crippen molar-refractivity contribution in [3.8, 4) is 11.5 Å². The number of rotatable bonds is 1. The van der Waals surface area contributed by atoms with Crippen molar-refractivity contribution in [1.29, 1.82) is 0 Å². The molecule has 0 aliphatic heterocycles. The van der Waals surface area contributed by atoms with Crippen LogP contribution >= 0.6 is 15.9 Å². The van der Waals surface area contributed by atoms with E-state index in [2.05, 4.69) is 25.9 Å². The van der Waals surface area contributed by atoms with Crippen LogP contribution in [-0.4, -0.2) is 14.5 Å². The Morgan fingerprint density at radius 1 is 1.22 bits per heavy atom. The first-order valence-electron chi connectivity index (χ1n) is 4.72. The van der Waals surface area contributed by atoms with E-state index in [1.54, 1.807) is 0 Å². The van der Waals surface area contributed by atoms with E-state index in [0.717, 1.165) is 10.8 Å². The minimum atomic E-state index is -4.54. The minimum absolute atomic E-state index is 0.0358. The maximum Gasteiger partial charge on any atom is 0.434 e. The molecule has 0 aliphatic carbocycles. The van der Waals surface area contributed by atoms with Gasteiger partial charge in [0.05, 0.1) is 4.47 Å². The van der Waals surface area contributed by atoms with Crippen LogP contribution in [0, 0.1) is 5.95 Å². The van der Waals surface area contributed by atoms with Crippen LogP contribution in [0.1, 0.15) is 5.69 Å². The molecule has 0 saturated carbocycles. The molecule has 0 aromatic carbocycles. The van der Waals surface area contributed by atoms with Crippen LogP contribution in [0.15, 0.2) is 22.8 Å². The van der Waals surface area contributed by atoms with E-state index in [-0.39, 0.29) is 16.0 Å². The highest BCUT2D eigenvalue weighted by atomic mass is 79.9. The number of aryl methyl sites for hydroxylation is 1. The second kappa shape index (κ2) is 4.34. The molecule has 0 atom stereocenters. The molecular formula is C10H6BrF4N3. The molecule has 0 saturated heterocycles. The van der Waals surface area contributed by atoms with Gasteiger partial charge in [0.15, 0.2) is 11.5 Å². The maximum atomic E-state index is 13.2. The van der Waals surface area contributed by atoms with E-state index in [0.29, 0.717) is 0 Å². The van der Waals surface area contributed by atoms with Crippen LogP contribution in [0.5, 0.6) is 0 Å². The van der Waals surface area contributed by atoms with E-state index in [9.17, 15) is 17.6 Å². The minimum Gasteiger partial charge on any atom is -0.332 e. The number of imidazole rings is 1. The summed E-state index contributed by atoms with van der Waals surface area (Å²) in [5.74, 6) is -0.849. The molecule has 0 N–H and O–H groups in total. The van der Waals surface area contributed by atoms with Gasteiger partial charge in [-0.05, 0) is 28.1 Å². The highest BCUT2D eigenvalue weighted by molar-refractivity contribution is 9.10. The van der Waals surface area contributed by atoms with Crippen molar-refractivity contribution in [2.24, 2.45) is 7.05 Å². The van der Waals surface area contributed by atoms with Gasteiger partial charge in [0.2, 0.25) is 5.95 Å². The molecule has 0 aliphatic rings. The predicted molar refractivity (Wildman–Crippen MR) is 59.1 cm³/mol. The molecule has 0 amide bonds. The Hall–Kier alpha value is -1.44. The van der Waals surface area contributed by atoms with E-state index in [1.807, 2.05) is 0 Å². The van der Waals surface area contributed by atoms with Crippen LogP contribution in [0.25, 0.3) is 11.5 Å². The summed E-state index contributed by atoms with van der Waals surface area (Å²) in [5, 5.41) is 0. The standard InChI is InChI=1S/C10H6BrF4N3/c1-18-4-7(10(13,14)15)17-9(18)6-3-2-5(11)8(12)16-6/h2-4H,1H3. The third-order valence-electron chi connectivity index (χ3n) is 2.20. The zero-order valence-corrected chi connectivity index (χ0v) is 10.5. The van der Waals surface area contributed by atoms with Crippen LogP contribution in [0.4, 0.5) is 17.6 Å². The fourth-order valence-electron chi connectivity index (χ4n) is 1.38. The summed E-state index contributed by atoms with van der Waals surface area (Å²) >= 11 is 2.91. The van der Waals surface area contributed by atoms with Crippen LogP contribution in [-0.2, 0) is 13.2 Å². The number of alkyl halides is 3. The van der Waals surface area contributed by atoms with E-state index in [1.165, 1.54) is 19.2 Å². The Kier molecular flexibility index (Phi) is 3.14. The quantitative estimate of drug-likeness (QED) is 0.595. The molecular weight excluding hydrogens is 318 g/mol. The molecule has 3 nitrogen and oxygen atoms in total. The summed E-state index contributed by atoms with van der Waals surface area (Å²) in [5.41, 5.74) is -1.00. The van der Waals surface area contributed by atoms with Crippen molar-refractivity contribution in [3.63, 3.8) is 0 Å². The monoisotopic (exact) mass is 323 g/mol. The molecule has 0 bridgehead atoms. The average molecular weight is 324 g/mol. The number of aromatic nitrogens is 3. The van der Waals surface area contributed by atoms with Crippen molar-refractivity contribution in [3.05, 3.63) is 34.4 Å². The number of pyridine rings is 1. The Morgan fingerprint density at radius 3 is 2.39 bits per heavy atom. The third kappa shape index (κ3) is 2.38. The first-order chi connectivity index (χ1) is 8.29. The van der Waals surface area contributed by atoms with Gasteiger partial charge in [0.25, 0.3) is 0 Å². The van der Waals surface area contributed by atoms with E-state index >= 15 is 0 Å². The predicted octanol–water partition coefficient (Wildman–Crippen LogP) is 3.40. The fraction of sp³-hybridized carbons (Fsp3) is 0.200. The SMILES string of the molecule is Cn1cc(C(F)(F)F)nc1-c1ccc(Br)c(F)n1. The van der Waals surface area contributed by atoms with Gasteiger partial charge >= 0.3 is 6.18 Å². The van der Waals surface area contributed by atoms with Gasteiger partial charge in [0.1, 0.15) is 5.69 Å². The molecule has 2 heterocycles. The van der Waals surface area contributed by atoms with Gasteiger partial charge < -0.3 is 4.57 Å². The first kappa shape index (κ1) is 13.0. The van der Waals surface area contributed by atoms with E-state index < -0.39 is 17.8 Å². The molecule has 2 aromatic rings. The first-order valence-corrected chi connectivity index (χ1v) is 5.51. The molecule has 2 rings (SSSR count). The number of nitrogens with zero attached hydrogens (tertiary/aromatic N) is 3. The molecule has 0 fully saturated rings. The highest BCUT2D eigenvalue weighted by Crippen LogP contribution is 2.30. The van der Waals surface area contributed by atoms with Crippen molar-refractivity contribution in [1.82, 2.24) is 14.5 Å². The molecule has 96 valence electrons. The molecule has 18 heavy (non-hydrogen) atoms. The van der Waals surface area contributed by atoms with Gasteiger partial charge in [-0.2, -0.15) is 17.6 Å². The summed E-state index contributed by atoms with van der Waals surface area (Å²) < 4.78 is 51.9. The zero-order valence-electron chi connectivity index (χ0n) is 8.96. The van der Waals surface area contributed by atoms with Crippen LogP contribution in [0.3, 0.4) is 0 Å². The van der Waals surface area contributed by atoms with Gasteiger partial charge in [-0.1, -0.05) is 0 Å². The topological polar surface area (TPSA) is 30.7 Å². The number of hydrogen-bond acceptors (Lipinski definition) is 2. The second-order valence-corrected chi connectivity index (χ2v) is 4.38. The van der Waals surface area contributed by atoms with Crippen LogP contribution < -0.4 is 0 Å². The lowest BCUT2D eigenvalue weighted by Crippen LogP contribution is -2.05. The molecule has 2 aromatic heterocycles. The van der Waals surface area contributed by atoms with Crippen LogP contribution in [0.2, 0.25) is 0 Å². The Bertz CT molecular complexity index is 591. The van der Waals surface area contributed by atoms with Crippen molar-refractivity contribution in [2.75, 3.05) is 0 Å². The lowest BCUT2D eigenvalue weighted by atomic mass is 10.3. The highest BCUT2D eigenvalue weighted by Gasteiger charge is 2.34. The normalized spacial score (nSPS) is 11.9. The Labute approximate surface area is 108 Å². The van der Waals surface area contributed by atoms with Gasteiger partial charge in [-0.15, -0.1) is 0 Å². The molecule has 8 heteroatoms. The largest absolute Gasteiger partial charge is 0.434 e.